The molecule has 0 radical (unpaired) electrons. The second-order valence-corrected chi connectivity index (χ2v) is 3.87. The van der Waals surface area contributed by atoms with Crippen molar-refractivity contribution in [3.63, 3.8) is 0 Å². The lowest BCUT2D eigenvalue weighted by Crippen LogP contribution is -2.37. The molecule has 6 heteroatoms. The van der Waals surface area contributed by atoms with Gasteiger partial charge in [-0.05, 0) is 29.8 Å². The Morgan fingerprint density at radius 1 is 1.14 bits per heavy atom. The Hall–Kier alpha value is -2.89. The normalized spacial score (nSPS) is 9.90. The van der Waals surface area contributed by atoms with Gasteiger partial charge in [-0.1, -0.05) is 18.7 Å². The molecule has 2 N–H and O–H groups in total. The minimum atomic E-state index is -0.834. The van der Waals surface area contributed by atoms with Crippen LogP contribution in [0.5, 0.6) is 5.75 Å². The molecule has 2 amide bonds. The van der Waals surface area contributed by atoms with Crippen LogP contribution in [0.25, 0.3) is 0 Å². The number of ether oxygens (including phenoxy) is 1. The van der Waals surface area contributed by atoms with Crippen LogP contribution >= 0.6 is 0 Å². The van der Waals surface area contributed by atoms with E-state index in [1.165, 1.54) is 12.3 Å². The molecule has 0 bridgehead atoms. The first-order chi connectivity index (χ1) is 10.2. The van der Waals surface area contributed by atoms with Crippen LogP contribution in [0.4, 0.5) is 0 Å². The first-order valence-corrected chi connectivity index (χ1v) is 6.23. The third-order valence-electron chi connectivity index (χ3n) is 2.24. The van der Waals surface area contributed by atoms with Crippen molar-refractivity contribution in [2.75, 3.05) is 13.2 Å². The minimum Gasteiger partial charge on any atom is -0.490 e. The topological polar surface area (TPSA) is 79.8 Å². The van der Waals surface area contributed by atoms with E-state index in [4.69, 9.17) is 4.74 Å². The fourth-order valence-corrected chi connectivity index (χ4v) is 1.27. The summed E-state index contributed by atoms with van der Waals surface area (Å²) in [4.78, 5) is 22.5. The third-order valence-corrected chi connectivity index (χ3v) is 2.24. The van der Waals surface area contributed by atoms with Gasteiger partial charge >= 0.3 is 11.8 Å². The van der Waals surface area contributed by atoms with Gasteiger partial charge in [0, 0.05) is 6.54 Å². The van der Waals surface area contributed by atoms with Crippen LogP contribution < -0.4 is 15.5 Å². The summed E-state index contributed by atoms with van der Waals surface area (Å²) in [7, 11) is 0. The summed E-state index contributed by atoms with van der Waals surface area (Å²) >= 11 is 0. The average Bonchev–Trinajstić information content (AvgIpc) is 2.51. The largest absolute Gasteiger partial charge is 0.490 e. The second kappa shape index (κ2) is 9.08. The van der Waals surface area contributed by atoms with E-state index in [-0.39, 0.29) is 6.54 Å². The molecule has 0 fully saturated rings. The Bertz CT molecular complexity index is 536. The molecule has 6 nitrogen and oxygen atoms in total. The number of carbonyl (C=O) groups is 2. The molecule has 110 valence electrons. The minimum absolute atomic E-state index is 0.224. The SMILES string of the molecule is C=CCNC(=O)C(=O)N/N=C/c1ccc(OCC=C)cc1. The fraction of sp³-hybridized carbons (Fsp3) is 0.133. The van der Waals surface area contributed by atoms with Gasteiger partial charge in [-0.15, -0.1) is 6.58 Å². The van der Waals surface area contributed by atoms with E-state index in [1.807, 2.05) is 0 Å². The van der Waals surface area contributed by atoms with Crippen molar-refractivity contribution in [2.24, 2.45) is 5.10 Å². The summed E-state index contributed by atoms with van der Waals surface area (Å²) in [5.74, 6) is -0.890. The highest BCUT2D eigenvalue weighted by Gasteiger charge is 2.10. The molecule has 0 heterocycles. The van der Waals surface area contributed by atoms with Crippen molar-refractivity contribution in [1.29, 1.82) is 0 Å². The first-order valence-electron chi connectivity index (χ1n) is 6.23. The summed E-state index contributed by atoms with van der Waals surface area (Å²) in [6.07, 6.45) is 4.56. The molecule has 1 aromatic rings. The van der Waals surface area contributed by atoms with Crippen LogP contribution in [-0.2, 0) is 9.59 Å². The Kier molecular flexibility index (Phi) is 6.99. The standard InChI is InChI=1S/C15H17N3O3/c1-3-9-16-14(19)15(20)18-17-11-12-5-7-13(8-6-12)21-10-4-2/h3-8,11H,1-2,9-10H2,(H,16,19)(H,18,20)/b17-11+. The number of carbonyl (C=O) groups excluding carboxylic acids is 2. The van der Waals surface area contributed by atoms with Crippen LogP contribution in [0.15, 0.2) is 54.7 Å². The second-order valence-electron chi connectivity index (χ2n) is 3.87. The average molecular weight is 287 g/mol. The monoisotopic (exact) mass is 287 g/mol. The number of hydrazone groups is 1. The highest BCUT2D eigenvalue weighted by atomic mass is 16.5. The van der Waals surface area contributed by atoms with Gasteiger partial charge in [0.2, 0.25) is 0 Å². The number of nitrogens with zero attached hydrogens (tertiary/aromatic N) is 1. The number of hydrogen-bond donors (Lipinski definition) is 2. The lowest BCUT2D eigenvalue weighted by Gasteiger charge is -2.02. The number of rotatable bonds is 7. The zero-order chi connectivity index (χ0) is 15.5. The van der Waals surface area contributed by atoms with E-state index in [0.717, 1.165) is 5.56 Å². The van der Waals surface area contributed by atoms with Crippen molar-refractivity contribution in [2.45, 2.75) is 0 Å². The Labute approximate surface area is 123 Å². The fourth-order valence-electron chi connectivity index (χ4n) is 1.27. The molecular formula is C15H17N3O3. The predicted octanol–water partition coefficient (Wildman–Crippen LogP) is 1.00. The number of amides is 2. The quantitative estimate of drug-likeness (QED) is 0.340. The molecule has 21 heavy (non-hydrogen) atoms. The Balaban J connectivity index is 2.45. The van der Waals surface area contributed by atoms with Crippen molar-refractivity contribution < 1.29 is 14.3 Å². The van der Waals surface area contributed by atoms with Gasteiger partial charge in [-0.2, -0.15) is 5.10 Å². The summed E-state index contributed by atoms with van der Waals surface area (Å²) in [6, 6.07) is 7.07. The zero-order valence-corrected chi connectivity index (χ0v) is 11.5. The molecule has 0 unspecified atom stereocenters. The van der Waals surface area contributed by atoms with Gasteiger partial charge in [0.25, 0.3) is 0 Å². The van der Waals surface area contributed by atoms with E-state index in [2.05, 4.69) is 29.0 Å². The molecule has 0 atom stereocenters. The maximum absolute atomic E-state index is 11.3. The third kappa shape index (κ3) is 6.20. The van der Waals surface area contributed by atoms with Gasteiger partial charge in [0.05, 0.1) is 6.21 Å². The lowest BCUT2D eigenvalue weighted by atomic mass is 10.2. The van der Waals surface area contributed by atoms with Crippen molar-refractivity contribution in [1.82, 2.24) is 10.7 Å². The number of nitrogens with one attached hydrogen (secondary N) is 2. The highest BCUT2D eigenvalue weighted by Crippen LogP contribution is 2.10. The Morgan fingerprint density at radius 3 is 2.48 bits per heavy atom. The van der Waals surface area contributed by atoms with E-state index in [1.54, 1.807) is 30.3 Å². The molecule has 1 aromatic carbocycles. The molecular weight excluding hydrogens is 270 g/mol. The first kappa shape index (κ1) is 16.2. The number of hydrogen-bond acceptors (Lipinski definition) is 4. The van der Waals surface area contributed by atoms with E-state index in [0.29, 0.717) is 12.4 Å². The molecule has 0 saturated heterocycles. The molecule has 0 aliphatic carbocycles. The summed E-state index contributed by atoms with van der Waals surface area (Å²) in [5.41, 5.74) is 2.89. The van der Waals surface area contributed by atoms with E-state index in [9.17, 15) is 9.59 Å². The predicted molar refractivity (Wildman–Crippen MR) is 81.1 cm³/mol. The van der Waals surface area contributed by atoms with Gasteiger partial charge in [-0.3, -0.25) is 9.59 Å². The van der Waals surface area contributed by atoms with Crippen LogP contribution in [-0.4, -0.2) is 31.2 Å². The zero-order valence-electron chi connectivity index (χ0n) is 11.5. The summed E-state index contributed by atoms with van der Waals surface area (Å²) < 4.78 is 5.33. The molecule has 0 aromatic heterocycles. The Morgan fingerprint density at radius 2 is 1.86 bits per heavy atom. The van der Waals surface area contributed by atoms with Crippen molar-refractivity contribution in [3.8, 4) is 5.75 Å². The van der Waals surface area contributed by atoms with Gasteiger partial charge < -0.3 is 10.1 Å². The number of benzene rings is 1. The molecule has 1 rings (SSSR count). The van der Waals surface area contributed by atoms with Crippen molar-refractivity contribution >= 4 is 18.0 Å². The van der Waals surface area contributed by atoms with Gasteiger partial charge in [0.15, 0.2) is 0 Å². The smallest absolute Gasteiger partial charge is 0.329 e. The summed E-state index contributed by atoms with van der Waals surface area (Å²) in [5, 5.41) is 6.03. The highest BCUT2D eigenvalue weighted by molar-refractivity contribution is 6.35. The van der Waals surface area contributed by atoms with E-state index < -0.39 is 11.8 Å². The summed E-state index contributed by atoms with van der Waals surface area (Å²) in [6.45, 7) is 7.64. The van der Waals surface area contributed by atoms with Crippen LogP contribution in [0.2, 0.25) is 0 Å². The molecule has 0 saturated carbocycles. The maximum atomic E-state index is 11.3. The maximum Gasteiger partial charge on any atom is 0.329 e. The van der Waals surface area contributed by atoms with Crippen LogP contribution in [0.3, 0.4) is 0 Å². The van der Waals surface area contributed by atoms with Crippen molar-refractivity contribution in [3.05, 3.63) is 55.1 Å². The van der Waals surface area contributed by atoms with Gasteiger partial charge in [-0.25, -0.2) is 5.43 Å². The lowest BCUT2D eigenvalue weighted by molar-refractivity contribution is -0.139. The van der Waals surface area contributed by atoms with Gasteiger partial charge in [0.1, 0.15) is 12.4 Å². The molecule has 0 aliphatic heterocycles. The van der Waals surface area contributed by atoms with Crippen LogP contribution in [0, 0.1) is 0 Å². The molecule has 0 aliphatic rings. The van der Waals surface area contributed by atoms with E-state index >= 15 is 0 Å². The molecule has 0 spiro atoms. The van der Waals surface area contributed by atoms with Crippen LogP contribution in [0.1, 0.15) is 5.56 Å².